The summed E-state index contributed by atoms with van der Waals surface area (Å²) < 4.78 is 16.2. The average Bonchev–Trinajstić information content (AvgIpc) is 3.17. The largest absolute Gasteiger partial charge is 0.441 e. The Morgan fingerprint density at radius 1 is 1.25 bits per heavy atom. The Balaban J connectivity index is 1.71. The lowest BCUT2D eigenvalue weighted by Gasteiger charge is -1.97. The molecule has 1 atom stereocenters. The molecule has 1 aromatic carbocycles. The summed E-state index contributed by atoms with van der Waals surface area (Å²) in [6.07, 6.45) is 0.944. The molecule has 0 N–H and O–H groups in total. The number of fused-ring (bicyclic) bond motifs is 1. The molecule has 6 heteroatoms. The Kier molecular flexibility index (Phi) is 2.56. The zero-order chi connectivity index (χ0) is 13.5. The molecule has 102 valence electrons. The molecule has 4 rings (SSSR count). The van der Waals surface area contributed by atoms with E-state index in [2.05, 4.69) is 15.1 Å². The molecule has 0 amide bonds. The van der Waals surface area contributed by atoms with E-state index in [0.29, 0.717) is 24.2 Å². The number of benzene rings is 1. The standard InChI is InChI=1S/C14H13N3O3/c1-8-15-11-3-2-9(6-12(11)19-8)14-16-13(17-20-14)10-4-5-18-7-10/h2-3,6,10H,4-5,7H2,1H3/t10-/m1/s1. The number of aromatic nitrogens is 3. The quantitative estimate of drug-likeness (QED) is 0.713. The van der Waals surface area contributed by atoms with Crippen LogP contribution in [0.2, 0.25) is 0 Å². The van der Waals surface area contributed by atoms with Gasteiger partial charge in [0.15, 0.2) is 17.3 Å². The van der Waals surface area contributed by atoms with Gasteiger partial charge in [0.05, 0.1) is 6.61 Å². The van der Waals surface area contributed by atoms with Crippen LogP contribution in [-0.4, -0.2) is 28.3 Å². The van der Waals surface area contributed by atoms with Gasteiger partial charge in [-0.2, -0.15) is 4.98 Å². The normalized spacial score (nSPS) is 18.9. The van der Waals surface area contributed by atoms with Gasteiger partial charge in [0.2, 0.25) is 0 Å². The third kappa shape index (κ3) is 1.89. The molecule has 1 aliphatic rings. The zero-order valence-electron chi connectivity index (χ0n) is 11.0. The van der Waals surface area contributed by atoms with E-state index in [1.807, 2.05) is 25.1 Å². The molecule has 3 heterocycles. The van der Waals surface area contributed by atoms with E-state index in [4.69, 9.17) is 13.7 Å². The highest BCUT2D eigenvalue weighted by atomic mass is 16.5. The van der Waals surface area contributed by atoms with Gasteiger partial charge in [0.25, 0.3) is 5.89 Å². The minimum atomic E-state index is 0.240. The van der Waals surface area contributed by atoms with Crippen molar-refractivity contribution in [2.75, 3.05) is 13.2 Å². The maximum absolute atomic E-state index is 5.52. The van der Waals surface area contributed by atoms with Gasteiger partial charge >= 0.3 is 0 Å². The first-order valence-electron chi connectivity index (χ1n) is 6.58. The Bertz CT molecular complexity index is 756. The summed E-state index contributed by atoms with van der Waals surface area (Å²) in [7, 11) is 0. The first-order valence-corrected chi connectivity index (χ1v) is 6.58. The SMILES string of the molecule is Cc1nc2ccc(-c3nc([C@@H]4CCOC4)no3)cc2o1. The van der Waals surface area contributed by atoms with Gasteiger partial charge in [0.1, 0.15) is 5.52 Å². The Hall–Kier alpha value is -2.21. The van der Waals surface area contributed by atoms with Gasteiger partial charge in [0, 0.05) is 25.0 Å². The second-order valence-electron chi connectivity index (χ2n) is 4.93. The van der Waals surface area contributed by atoms with Gasteiger partial charge < -0.3 is 13.7 Å². The molecular weight excluding hydrogens is 258 g/mol. The monoisotopic (exact) mass is 271 g/mol. The lowest BCUT2D eigenvalue weighted by atomic mass is 10.1. The van der Waals surface area contributed by atoms with E-state index >= 15 is 0 Å². The maximum Gasteiger partial charge on any atom is 0.258 e. The Labute approximate surface area is 114 Å². The van der Waals surface area contributed by atoms with Crippen LogP contribution in [0.15, 0.2) is 27.1 Å². The number of ether oxygens (including phenoxy) is 1. The van der Waals surface area contributed by atoms with Crippen molar-refractivity contribution in [1.82, 2.24) is 15.1 Å². The third-order valence-corrected chi connectivity index (χ3v) is 3.48. The number of aryl methyl sites for hydroxylation is 1. The first-order chi connectivity index (χ1) is 9.79. The van der Waals surface area contributed by atoms with Crippen LogP contribution in [0.25, 0.3) is 22.6 Å². The fraction of sp³-hybridized carbons (Fsp3) is 0.357. The van der Waals surface area contributed by atoms with Crippen molar-refractivity contribution in [3.05, 3.63) is 29.9 Å². The van der Waals surface area contributed by atoms with E-state index in [0.717, 1.165) is 29.7 Å². The molecule has 0 spiro atoms. The fourth-order valence-electron chi connectivity index (χ4n) is 2.43. The smallest absolute Gasteiger partial charge is 0.258 e. The summed E-state index contributed by atoms with van der Waals surface area (Å²) >= 11 is 0. The summed E-state index contributed by atoms with van der Waals surface area (Å²) in [5, 5.41) is 4.05. The van der Waals surface area contributed by atoms with Crippen molar-refractivity contribution in [2.45, 2.75) is 19.3 Å². The Morgan fingerprint density at radius 3 is 3.05 bits per heavy atom. The number of oxazole rings is 1. The highest BCUT2D eigenvalue weighted by Gasteiger charge is 2.23. The molecule has 1 aliphatic heterocycles. The molecule has 2 aromatic heterocycles. The van der Waals surface area contributed by atoms with Crippen LogP contribution in [0.1, 0.15) is 24.1 Å². The second kappa shape index (κ2) is 4.42. The molecule has 1 fully saturated rings. The molecular formula is C14H13N3O3. The van der Waals surface area contributed by atoms with Crippen LogP contribution < -0.4 is 0 Å². The third-order valence-electron chi connectivity index (χ3n) is 3.48. The van der Waals surface area contributed by atoms with Crippen molar-refractivity contribution < 1.29 is 13.7 Å². The lowest BCUT2D eigenvalue weighted by molar-refractivity contribution is 0.192. The van der Waals surface area contributed by atoms with E-state index in [1.165, 1.54) is 0 Å². The topological polar surface area (TPSA) is 74.2 Å². The maximum atomic E-state index is 5.52. The summed E-state index contributed by atoms with van der Waals surface area (Å²) in [5.74, 6) is 2.10. The minimum Gasteiger partial charge on any atom is -0.441 e. The summed E-state index contributed by atoms with van der Waals surface area (Å²) in [5.41, 5.74) is 2.39. The molecule has 3 aromatic rings. The summed E-state index contributed by atoms with van der Waals surface area (Å²) in [6, 6.07) is 5.67. The van der Waals surface area contributed by atoms with Crippen molar-refractivity contribution >= 4 is 11.1 Å². The van der Waals surface area contributed by atoms with Crippen LogP contribution in [0, 0.1) is 6.92 Å². The molecule has 0 unspecified atom stereocenters. The highest BCUT2D eigenvalue weighted by molar-refractivity contribution is 5.78. The molecule has 1 saturated heterocycles. The summed E-state index contributed by atoms with van der Waals surface area (Å²) in [4.78, 5) is 8.72. The van der Waals surface area contributed by atoms with Crippen molar-refractivity contribution in [3.63, 3.8) is 0 Å². The fourth-order valence-corrected chi connectivity index (χ4v) is 2.43. The Morgan fingerprint density at radius 2 is 2.20 bits per heavy atom. The minimum absolute atomic E-state index is 0.240. The predicted molar refractivity (Wildman–Crippen MR) is 70.2 cm³/mol. The van der Waals surface area contributed by atoms with Crippen molar-refractivity contribution in [2.24, 2.45) is 0 Å². The van der Waals surface area contributed by atoms with Crippen LogP contribution in [-0.2, 0) is 4.74 Å². The molecule has 0 radical (unpaired) electrons. The van der Waals surface area contributed by atoms with Gasteiger partial charge in [-0.15, -0.1) is 0 Å². The molecule has 6 nitrogen and oxygen atoms in total. The van der Waals surface area contributed by atoms with Crippen LogP contribution in [0.4, 0.5) is 0 Å². The average molecular weight is 271 g/mol. The number of hydrogen-bond donors (Lipinski definition) is 0. The first kappa shape index (κ1) is 11.6. The zero-order valence-corrected chi connectivity index (χ0v) is 11.0. The molecule has 0 saturated carbocycles. The van der Waals surface area contributed by atoms with Gasteiger partial charge in [-0.1, -0.05) is 5.16 Å². The van der Waals surface area contributed by atoms with Crippen LogP contribution >= 0.6 is 0 Å². The van der Waals surface area contributed by atoms with E-state index < -0.39 is 0 Å². The van der Waals surface area contributed by atoms with Gasteiger partial charge in [-0.05, 0) is 24.6 Å². The number of rotatable bonds is 2. The van der Waals surface area contributed by atoms with Gasteiger partial charge in [-0.25, -0.2) is 4.98 Å². The molecule has 20 heavy (non-hydrogen) atoms. The van der Waals surface area contributed by atoms with E-state index in [-0.39, 0.29) is 5.92 Å². The number of hydrogen-bond acceptors (Lipinski definition) is 6. The van der Waals surface area contributed by atoms with Crippen LogP contribution in [0.3, 0.4) is 0 Å². The van der Waals surface area contributed by atoms with Crippen LogP contribution in [0.5, 0.6) is 0 Å². The second-order valence-corrected chi connectivity index (χ2v) is 4.93. The molecule has 0 aliphatic carbocycles. The highest BCUT2D eigenvalue weighted by Crippen LogP contribution is 2.27. The van der Waals surface area contributed by atoms with Crippen molar-refractivity contribution in [3.8, 4) is 11.5 Å². The van der Waals surface area contributed by atoms with Gasteiger partial charge in [-0.3, -0.25) is 0 Å². The predicted octanol–water partition coefficient (Wildman–Crippen LogP) is 2.69. The van der Waals surface area contributed by atoms with Crippen molar-refractivity contribution in [1.29, 1.82) is 0 Å². The van der Waals surface area contributed by atoms with E-state index in [1.54, 1.807) is 0 Å². The lowest BCUT2D eigenvalue weighted by Crippen LogP contribution is -1.99. The number of nitrogens with zero attached hydrogens (tertiary/aromatic N) is 3. The summed E-state index contributed by atoms with van der Waals surface area (Å²) in [6.45, 7) is 3.25. The molecule has 0 bridgehead atoms. The van der Waals surface area contributed by atoms with E-state index in [9.17, 15) is 0 Å².